The molecule has 3 aromatic carbocycles. The number of ether oxygens (including phenoxy) is 2. The quantitative estimate of drug-likeness (QED) is 0.345. The van der Waals surface area contributed by atoms with Gasteiger partial charge in [-0.25, -0.2) is 4.79 Å². The number of phenolic OH excluding ortho intramolecular Hbond substituents is 1. The lowest BCUT2D eigenvalue weighted by Crippen LogP contribution is -2.01. The van der Waals surface area contributed by atoms with E-state index in [-0.39, 0.29) is 5.75 Å². The summed E-state index contributed by atoms with van der Waals surface area (Å²) in [5, 5.41) is 13.5. The number of methoxy groups -OCH3 is 2. The number of rotatable bonds is 2. The molecule has 0 aliphatic heterocycles. The van der Waals surface area contributed by atoms with E-state index in [2.05, 4.69) is 0 Å². The van der Waals surface area contributed by atoms with E-state index in [0.717, 1.165) is 5.39 Å². The van der Waals surface area contributed by atoms with Crippen molar-refractivity contribution in [3.8, 4) is 17.2 Å². The molecule has 1 heterocycles. The van der Waals surface area contributed by atoms with Gasteiger partial charge in [-0.15, -0.1) is 0 Å². The lowest BCUT2D eigenvalue weighted by molar-refractivity contribution is 0.396. The van der Waals surface area contributed by atoms with Gasteiger partial charge >= 0.3 is 5.63 Å². The van der Waals surface area contributed by atoms with Crippen molar-refractivity contribution in [3.05, 3.63) is 52.9 Å². The van der Waals surface area contributed by atoms with Crippen LogP contribution in [0.25, 0.3) is 32.5 Å². The van der Waals surface area contributed by atoms with Crippen LogP contribution in [0.15, 0.2) is 51.7 Å². The second-order valence-electron chi connectivity index (χ2n) is 5.46. The highest BCUT2D eigenvalue weighted by Gasteiger charge is 2.18. The molecule has 5 heteroatoms. The predicted octanol–water partition coefficient (Wildman–Crippen LogP) is 3.82. The van der Waals surface area contributed by atoms with Crippen molar-refractivity contribution in [2.24, 2.45) is 0 Å². The van der Waals surface area contributed by atoms with Gasteiger partial charge in [0.1, 0.15) is 22.8 Å². The first kappa shape index (κ1) is 14.4. The lowest BCUT2D eigenvalue weighted by atomic mass is 10.00. The maximum absolute atomic E-state index is 12.4. The van der Waals surface area contributed by atoms with Crippen molar-refractivity contribution in [2.45, 2.75) is 0 Å². The van der Waals surface area contributed by atoms with Gasteiger partial charge in [0.2, 0.25) is 0 Å². The van der Waals surface area contributed by atoms with Crippen molar-refractivity contribution in [1.82, 2.24) is 0 Å². The number of benzene rings is 3. The molecule has 5 nitrogen and oxygen atoms in total. The first-order valence-corrected chi connectivity index (χ1v) is 7.37. The van der Waals surface area contributed by atoms with Gasteiger partial charge in [0.15, 0.2) is 0 Å². The van der Waals surface area contributed by atoms with Gasteiger partial charge in [0.05, 0.1) is 25.0 Å². The van der Waals surface area contributed by atoms with Crippen LogP contribution in [-0.2, 0) is 0 Å². The summed E-state index contributed by atoms with van der Waals surface area (Å²) in [6, 6.07) is 12.3. The van der Waals surface area contributed by atoms with Crippen LogP contribution in [-0.4, -0.2) is 19.3 Å². The highest BCUT2D eigenvalue weighted by molar-refractivity contribution is 6.17. The Labute approximate surface area is 136 Å². The van der Waals surface area contributed by atoms with Crippen LogP contribution in [0.5, 0.6) is 17.2 Å². The Bertz CT molecular complexity index is 1160. The SMILES string of the molecule is COc1cc(OC)c2c(c1)oc(=O)c1cc3ccccc3c(O)c12. The minimum Gasteiger partial charge on any atom is -0.507 e. The highest BCUT2D eigenvalue weighted by Crippen LogP contribution is 2.41. The maximum atomic E-state index is 12.4. The van der Waals surface area contributed by atoms with Gasteiger partial charge in [-0.05, 0) is 11.5 Å². The molecule has 0 radical (unpaired) electrons. The molecule has 1 N–H and O–H groups in total. The van der Waals surface area contributed by atoms with Crippen molar-refractivity contribution < 1.29 is 19.0 Å². The third-order valence-electron chi connectivity index (χ3n) is 4.19. The minimum absolute atomic E-state index is 0.0319. The molecule has 0 amide bonds. The Morgan fingerprint density at radius 1 is 0.958 bits per heavy atom. The molecule has 0 aliphatic carbocycles. The molecule has 4 aromatic rings. The monoisotopic (exact) mass is 322 g/mol. The van der Waals surface area contributed by atoms with E-state index in [1.165, 1.54) is 14.2 Å². The topological polar surface area (TPSA) is 68.9 Å². The summed E-state index contributed by atoms with van der Waals surface area (Å²) >= 11 is 0. The summed E-state index contributed by atoms with van der Waals surface area (Å²) in [4.78, 5) is 12.4. The van der Waals surface area contributed by atoms with Crippen molar-refractivity contribution in [3.63, 3.8) is 0 Å². The third kappa shape index (κ3) is 1.91. The van der Waals surface area contributed by atoms with E-state index < -0.39 is 5.63 Å². The predicted molar refractivity (Wildman–Crippen MR) is 92.3 cm³/mol. The zero-order valence-corrected chi connectivity index (χ0v) is 13.1. The second kappa shape index (κ2) is 5.16. The van der Waals surface area contributed by atoms with E-state index in [1.807, 2.05) is 18.2 Å². The lowest BCUT2D eigenvalue weighted by Gasteiger charge is -2.12. The minimum atomic E-state index is -0.520. The molecule has 0 aliphatic rings. The fourth-order valence-corrected chi connectivity index (χ4v) is 3.07. The molecule has 0 atom stereocenters. The van der Waals surface area contributed by atoms with Gasteiger partial charge in [0.25, 0.3) is 0 Å². The maximum Gasteiger partial charge on any atom is 0.344 e. The van der Waals surface area contributed by atoms with E-state index in [0.29, 0.717) is 38.6 Å². The average Bonchev–Trinajstić information content (AvgIpc) is 2.61. The normalized spacial score (nSPS) is 11.2. The molecule has 0 unspecified atom stereocenters. The fourth-order valence-electron chi connectivity index (χ4n) is 3.07. The summed E-state index contributed by atoms with van der Waals surface area (Å²) in [5.41, 5.74) is -0.219. The number of hydrogen-bond acceptors (Lipinski definition) is 5. The third-order valence-corrected chi connectivity index (χ3v) is 4.19. The van der Waals surface area contributed by atoms with Crippen LogP contribution >= 0.6 is 0 Å². The number of fused-ring (bicyclic) bond motifs is 4. The van der Waals surface area contributed by atoms with Crippen LogP contribution in [0, 0.1) is 0 Å². The second-order valence-corrected chi connectivity index (χ2v) is 5.46. The Morgan fingerprint density at radius 2 is 1.75 bits per heavy atom. The summed E-state index contributed by atoms with van der Waals surface area (Å²) in [5.74, 6) is 0.996. The van der Waals surface area contributed by atoms with E-state index in [1.54, 1.807) is 24.3 Å². The highest BCUT2D eigenvalue weighted by atomic mass is 16.5. The average molecular weight is 322 g/mol. The molecule has 0 fully saturated rings. The molecule has 0 spiro atoms. The van der Waals surface area contributed by atoms with Crippen molar-refractivity contribution in [1.29, 1.82) is 0 Å². The molecular weight excluding hydrogens is 308 g/mol. The number of aromatic hydroxyl groups is 1. The molecule has 4 rings (SSSR count). The number of hydrogen-bond donors (Lipinski definition) is 1. The number of phenols is 1. The van der Waals surface area contributed by atoms with E-state index in [4.69, 9.17) is 13.9 Å². The van der Waals surface area contributed by atoms with Crippen LogP contribution in [0.4, 0.5) is 0 Å². The zero-order chi connectivity index (χ0) is 16.8. The van der Waals surface area contributed by atoms with Crippen molar-refractivity contribution in [2.75, 3.05) is 14.2 Å². The fraction of sp³-hybridized carbons (Fsp3) is 0.105. The largest absolute Gasteiger partial charge is 0.507 e. The van der Waals surface area contributed by atoms with Crippen LogP contribution in [0.1, 0.15) is 0 Å². The van der Waals surface area contributed by atoms with Crippen LogP contribution in [0.2, 0.25) is 0 Å². The standard InChI is InChI=1S/C19H14O5/c1-22-11-8-14(23-2)17-15(9-11)24-19(21)13-7-10-5-3-4-6-12(10)18(20)16(13)17/h3-9,20H,1-2H3. The summed E-state index contributed by atoms with van der Waals surface area (Å²) in [6.45, 7) is 0. The molecule has 0 saturated carbocycles. The van der Waals surface area contributed by atoms with Gasteiger partial charge in [-0.2, -0.15) is 0 Å². The van der Waals surface area contributed by atoms with Crippen LogP contribution < -0.4 is 15.1 Å². The molecule has 1 aromatic heterocycles. The molecular formula is C19H14O5. The molecule has 0 saturated heterocycles. The van der Waals surface area contributed by atoms with Gasteiger partial charge in [-0.3, -0.25) is 0 Å². The smallest absolute Gasteiger partial charge is 0.344 e. The Kier molecular flexibility index (Phi) is 3.09. The zero-order valence-electron chi connectivity index (χ0n) is 13.1. The van der Waals surface area contributed by atoms with Crippen molar-refractivity contribution >= 4 is 32.5 Å². The molecule has 24 heavy (non-hydrogen) atoms. The van der Waals surface area contributed by atoms with Crippen LogP contribution in [0.3, 0.4) is 0 Å². The van der Waals surface area contributed by atoms with Gasteiger partial charge in [0, 0.05) is 22.9 Å². The van der Waals surface area contributed by atoms with Gasteiger partial charge < -0.3 is 19.0 Å². The molecule has 120 valence electrons. The van der Waals surface area contributed by atoms with Gasteiger partial charge in [-0.1, -0.05) is 24.3 Å². The molecule has 0 bridgehead atoms. The Balaban J connectivity index is 2.33. The Morgan fingerprint density at radius 3 is 2.50 bits per heavy atom. The summed E-state index contributed by atoms with van der Waals surface area (Å²) in [7, 11) is 3.04. The first-order valence-electron chi connectivity index (χ1n) is 7.37. The van der Waals surface area contributed by atoms with E-state index >= 15 is 0 Å². The first-order chi connectivity index (χ1) is 11.6. The summed E-state index contributed by atoms with van der Waals surface area (Å²) in [6.07, 6.45) is 0. The van der Waals surface area contributed by atoms with E-state index in [9.17, 15) is 9.90 Å². The summed E-state index contributed by atoms with van der Waals surface area (Å²) < 4.78 is 16.1. The Hall–Kier alpha value is -3.21.